The number of likely N-dealkylation sites (tertiary alicyclic amines) is 1. The molecule has 7 nitrogen and oxygen atoms in total. The monoisotopic (exact) mass is 370 g/mol. The molecule has 0 radical (unpaired) electrons. The maximum atomic E-state index is 11.7. The molecule has 2 unspecified atom stereocenters. The van der Waals surface area contributed by atoms with Crippen LogP contribution in [0.2, 0.25) is 0 Å². The Balaban J connectivity index is 1.61. The average Bonchev–Trinajstić information content (AvgIpc) is 3.06. The highest BCUT2D eigenvalue weighted by Gasteiger charge is 2.53. The first kappa shape index (κ1) is 18.3. The van der Waals surface area contributed by atoms with Gasteiger partial charge in [0.1, 0.15) is 12.1 Å². The highest BCUT2D eigenvalue weighted by Crippen LogP contribution is 2.51. The number of nitrogens with zero attached hydrogens (tertiary/aromatic N) is 4. The second kappa shape index (κ2) is 7.13. The molecule has 1 amide bonds. The van der Waals surface area contributed by atoms with Gasteiger partial charge in [-0.15, -0.1) is 0 Å². The van der Waals surface area contributed by atoms with E-state index in [-0.39, 0.29) is 0 Å². The van der Waals surface area contributed by atoms with E-state index < -0.39 is 11.5 Å². The molecule has 3 aliphatic rings. The first-order valence-corrected chi connectivity index (χ1v) is 9.65. The van der Waals surface area contributed by atoms with E-state index in [1.165, 1.54) is 18.3 Å². The SMILES string of the molecule is COC1(c2cncc(C(N)=O)c2)C2CCCC1CN(CC1=NC=[N+](C)C1)C2. The van der Waals surface area contributed by atoms with Crippen molar-refractivity contribution in [3.05, 3.63) is 29.6 Å². The number of aliphatic imine (C=N–C) groups is 1. The lowest BCUT2D eigenvalue weighted by atomic mass is 9.62. The van der Waals surface area contributed by atoms with Crippen LogP contribution in [-0.2, 0) is 10.3 Å². The summed E-state index contributed by atoms with van der Waals surface area (Å²) in [7, 11) is 3.85. The van der Waals surface area contributed by atoms with Gasteiger partial charge in [0.05, 0.1) is 19.2 Å². The van der Waals surface area contributed by atoms with Crippen LogP contribution < -0.4 is 5.73 Å². The summed E-state index contributed by atoms with van der Waals surface area (Å²) in [5.41, 5.74) is 7.75. The smallest absolute Gasteiger partial charge is 0.281 e. The number of carbonyl (C=O) groups is 1. The van der Waals surface area contributed by atoms with E-state index in [9.17, 15) is 4.79 Å². The van der Waals surface area contributed by atoms with E-state index >= 15 is 0 Å². The van der Waals surface area contributed by atoms with E-state index in [0.717, 1.165) is 44.6 Å². The predicted octanol–water partition coefficient (Wildman–Crippen LogP) is 0.879. The summed E-state index contributed by atoms with van der Waals surface area (Å²) in [4.78, 5) is 23.0. The van der Waals surface area contributed by atoms with Crippen LogP contribution in [-0.4, -0.2) is 72.8 Å². The quantitative estimate of drug-likeness (QED) is 0.780. The lowest BCUT2D eigenvalue weighted by molar-refractivity contribution is -0.473. The van der Waals surface area contributed by atoms with E-state index in [2.05, 4.69) is 26.5 Å². The van der Waals surface area contributed by atoms with Crippen LogP contribution in [0.1, 0.15) is 35.2 Å². The minimum Gasteiger partial charge on any atom is -0.373 e. The number of ether oxygens (including phenoxy) is 1. The molecule has 1 saturated heterocycles. The second-order valence-electron chi connectivity index (χ2n) is 8.07. The molecule has 1 aromatic rings. The summed E-state index contributed by atoms with van der Waals surface area (Å²) in [5, 5.41) is 0. The molecule has 2 fully saturated rings. The number of hydrogen-bond donors (Lipinski definition) is 1. The zero-order valence-corrected chi connectivity index (χ0v) is 16.1. The molecule has 144 valence electrons. The molecule has 1 aliphatic carbocycles. The Morgan fingerprint density at radius 2 is 2.11 bits per heavy atom. The van der Waals surface area contributed by atoms with Gasteiger partial charge in [0.25, 0.3) is 6.34 Å². The third kappa shape index (κ3) is 3.19. The lowest BCUT2D eigenvalue weighted by Crippen LogP contribution is -2.59. The number of rotatable bonds is 5. The minimum atomic E-state index is -0.446. The van der Waals surface area contributed by atoms with Gasteiger partial charge in [-0.25, -0.2) is 0 Å². The molecule has 1 aromatic heterocycles. The Bertz CT molecular complexity index is 789. The summed E-state index contributed by atoms with van der Waals surface area (Å²) < 4.78 is 8.35. The normalized spacial score (nSPS) is 30.7. The van der Waals surface area contributed by atoms with Crippen molar-refractivity contribution in [2.45, 2.75) is 24.9 Å². The minimum absolute atomic E-state index is 0.364. The zero-order valence-electron chi connectivity index (χ0n) is 16.1. The van der Waals surface area contributed by atoms with Gasteiger partial charge < -0.3 is 10.5 Å². The van der Waals surface area contributed by atoms with Crippen molar-refractivity contribution in [2.75, 3.05) is 40.3 Å². The maximum Gasteiger partial charge on any atom is 0.281 e. The number of primary amides is 1. The fourth-order valence-corrected chi connectivity index (χ4v) is 5.26. The van der Waals surface area contributed by atoms with E-state index in [1.807, 2.05) is 18.6 Å². The number of amides is 1. The predicted molar refractivity (Wildman–Crippen MR) is 103 cm³/mol. The van der Waals surface area contributed by atoms with Gasteiger partial charge in [-0.05, 0) is 18.9 Å². The lowest BCUT2D eigenvalue weighted by Gasteiger charge is -2.55. The first-order chi connectivity index (χ1) is 13.0. The largest absolute Gasteiger partial charge is 0.373 e. The van der Waals surface area contributed by atoms with E-state index in [1.54, 1.807) is 7.11 Å². The number of aromatic nitrogens is 1. The summed E-state index contributed by atoms with van der Waals surface area (Å²) in [6.45, 7) is 3.75. The van der Waals surface area contributed by atoms with Crippen molar-refractivity contribution < 1.29 is 14.1 Å². The van der Waals surface area contributed by atoms with Crippen LogP contribution >= 0.6 is 0 Å². The third-order valence-corrected chi connectivity index (χ3v) is 6.36. The standard InChI is InChI=1S/C20H27N5O2/c1-24-11-18(23-13-24)12-25-9-15-4-3-5-16(10-25)20(15,27-2)17-6-14(19(21)26)7-22-8-17/h6-8,13,15-16H,3-5,9-12H2,1-2H3,(H-,21,26)/p+1. The topological polar surface area (TPSA) is 83.8 Å². The van der Waals surface area contributed by atoms with Gasteiger partial charge in [0, 0.05) is 50.0 Å². The van der Waals surface area contributed by atoms with Crippen molar-refractivity contribution >= 4 is 18.0 Å². The van der Waals surface area contributed by atoms with Crippen LogP contribution in [0.4, 0.5) is 0 Å². The second-order valence-corrected chi connectivity index (χ2v) is 8.07. The Morgan fingerprint density at radius 3 is 2.70 bits per heavy atom. The summed E-state index contributed by atoms with van der Waals surface area (Å²) >= 11 is 0. The number of hydrogen-bond acceptors (Lipinski definition) is 5. The van der Waals surface area contributed by atoms with Gasteiger partial charge in [0.2, 0.25) is 5.91 Å². The Morgan fingerprint density at radius 1 is 1.37 bits per heavy atom. The maximum absolute atomic E-state index is 11.7. The molecule has 4 rings (SSSR count). The highest BCUT2D eigenvalue weighted by molar-refractivity contribution is 5.94. The van der Waals surface area contributed by atoms with E-state index in [0.29, 0.717) is 17.4 Å². The van der Waals surface area contributed by atoms with Crippen LogP contribution in [0.3, 0.4) is 0 Å². The fourth-order valence-electron chi connectivity index (χ4n) is 5.26. The third-order valence-electron chi connectivity index (χ3n) is 6.36. The van der Waals surface area contributed by atoms with Crippen molar-refractivity contribution in [3.63, 3.8) is 0 Å². The molecular formula is C20H28N5O2+. The molecule has 0 spiro atoms. The van der Waals surface area contributed by atoms with Crippen molar-refractivity contribution in [3.8, 4) is 0 Å². The number of piperidine rings is 1. The Hall–Kier alpha value is -2.12. The average molecular weight is 370 g/mol. The van der Waals surface area contributed by atoms with Crippen LogP contribution in [0, 0.1) is 11.8 Å². The molecule has 2 N–H and O–H groups in total. The van der Waals surface area contributed by atoms with Gasteiger partial charge in [-0.3, -0.25) is 19.3 Å². The molecular weight excluding hydrogens is 342 g/mol. The molecule has 2 aliphatic heterocycles. The summed E-state index contributed by atoms with van der Waals surface area (Å²) in [6.07, 6.45) is 8.72. The van der Waals surface area contributed by atoms with Gasteiger partial charge in [-0.1, -0.05) is 11.4 Å². The number of pyridine rings is 1. The van der Waals surface area contributed by atoms with Gasteiger partial charge in [0.15, 0.2) is 5.71 Å². The van der Waals surface area contributed by atoms with Crippen molar-refractivity contribution in [1.29, 1.82) is 0 Å². The van der Waals surface area contributed by atoms with Crippen LogP contribution in [0.5, 0.6) is 0 Å². The molecule has 3 heterocycles. The number of fused-ring (bicyclic) bond motifs is 2. The summed E-state index contributed by atoms with van der Waals surface area (Å²) in [5.74, 6) is 0.282. The number of carbonyl (C=O) groups excluding carboxylic acids is 1. The van der Waals surface area contributed by atoms with Crippen molar-refractivity contribution in [1.82, 2.24) is 9.88 Å². The van der Waals surface area contributed by atoms with Gasteiger partial charge in [-0.2, -0.15) is 0 Å². The highest BCUT2D eigenvalue weighted by atomic mass is 16.5. The van der Waals surface area contributed by atoms with Gasteiger partial charge >= 0.3 is 0 Å². The summed E-state index contributed by atoms with van der Waals surface area (Å²) in [6, 6.07) is 1.88. The van der Waals surface area contributed by atoms with Crippen molar-refractivity contribution in [2.24, 2.45) is 22.6 Å². The van der Waals surface area contributed by atoms with Crippen LogP contribution in [0.25, 0.3) is 0 Å². The Labute approximate surface area is 159 Å². The van der Waals surface area contributed by atoms with Crippen LogP contribution in [0.15, 0.2) is 23.5 Å². The Kier molecular flexibility index (Phi) is 4.82. The zero-order chi connectivity index (χ0) is 19.0. The number of methoxy groups -OCH3 is 1. The molecule has 7 heteroatoms. The molecule has 27 heavy (non-hydrogen) atoms. The van der Waals surface area contributed by atoms with E-state index in [4.69, 9.17) is 10.5 Å². The fraction of sp³-hybridized carbons (Fsp3) is 0.600. The first-order valence-electron chi connectivity index (χ1n) is 9.65. The molecule has 2 atom stereocenters. The molecule has 1 saturated carbocycles. The molecule has 0 aromatic carbocycles. The molecule has 2 bridgehead atoms. The number of nitrogens with two attached hydrogens (primary N) is 1.